The molecule has 3 atom stereocenters. The van der Waals surface area contributed by atoms with Crippen LogP contribution in [0.5, 0.6) is 5.75 Å². The molecule has 8 nitrogen and oxygen atoms in total. The third kappa shape index (κ3) is 5.56. The van der Waals surface area contributed by atoms with E-state index < -0.39 is 40.6 Å². The number of nitrogens with one attached hydrogen (secondary N) is 1. The van der Waals surface area contributed by atoms with Crippen molar-refractivity contribution in [1.82, 2.24) is 10.3 Å². The van der Waals surface area contributed by atoms with Gasteiger partial charge in [-0.1, -0.05) is 54.7 Å². The number of carboxylic acids is 2. The molecule has 0 bridgehead atoms. The number of carbonyl (C=O) groups is 3. The second-order valence-corrected chi connectivity index (χ2v) is 10.8. The predicted octanol–water partition coefficient (Wildman–Crippen LogP) is 5.26. The van der Waals surface area contributed by atoms with Crippen molar-refractivity contribution in [1.29, 1.82) is 0 Å². The number of halogens is 3. The number of pyridine rings is 1. The Kier molecular flexibility index (Phi) is 8.43. The quantitative estimate of drug-likeness (QED) is 0.359. The zero-order valence-electron chi connectivity index (χ0n) is 20.0. The lowest BCUT2D eigenvalue weighted by molar-refractivity contribution is -0.155. The van der Waals surface area contributed by atoms with Crippen LogP contribution in [0, 0.1) is 16.7 Å². The maximum absolute atomic E-state index is 13.0. The number of aliphatic carboxylic acids is 2. The van der Waals surface area contributed by atoms with Crippen LogP contribution in [0.2, 0.25) is 15.2 Å². The molecule has 0 aliphatic heterocycles. The molecule has 0 radical (unpaired) electrons. The molecule has 0 spiro atoms. The highest BCUT2D eigenvalue weighted by molar-refractivity contribution is 6.36. The van der Waals surface area contributed by atoms with Crippen LogP contribution in [0.4, 0.5) is 0 Å². The molecule has 1 aliphatic carbocycles. The van der Waals surface area contributed by atoms with Crippen LogP contribution in [0.3, 0.4) is 0 Å². The molecule has 1 saturated carbocycles. The van der Waals surface area contributed by atoms with Crippen molar-refractivity contribution >= 4 is 52.6 Å². The van der Waals surface area contributed by atoms with Gasteiger partial charge in [0.25, 0.3) is 0 Å². The smallest absolute Gasteiger partial charge is 0.326 e. The van der Waals surface area contributed by atoms with Crippen LogP contribution in [-0.4, -0.2) is 39.1 Å². The molecular formula is C25H27Cl3N2O6. The highest BCUT2D eigenvalue weighted by Crippen LogP contribution is 2.56. The number of nitrogens with zero attached hydrogens (tertiary/aromatic N) is 1. The summed E-state index contributed by atoms with van der Waals surface area (Å²) in [7, 11) is 0. The molecule has 0 unspecified atom stereocenters. The Morgan fingerprint density at radius 1 is 1.11 bits per heavy atom. The number of carboxylic acid groups (broad SMARTS) is 2. The molecule has 1 aliphatic rings. The van der Waals surface area contributed by atoms with Gasteiger partial charge in [-0.25, -0.2) is 9.78 Å². The topological polar surface area (TPSA) is 126 Å². The molecule has 2 aromatic rings. The van der Waals surface area contributed by atoms with Crippen molar-refractivity contribution in [3.63, 3.8) is 0 Å². The maximum Gasteiger partial charge on any atom is 0.326 e. The van der Waals surface area contributed by atoms with Gasteiger partial charge in [-0.3, -0.25) is 9.59 Å². The van der Waals surface area contributed by atoms with Gasteiger partial charge in [0.1, 0.15) is 12.6 Å². The van der Waals surface area contributed by atoms with Gasteiger partial charge in [0.2, 0.25) is 5.91 Å². The number of hydrogen-bond acceptors (Lipinski definition) is 5. The summed E-state index contributed by atoms with van der Waals surface area (Å²) in [6.07, 6.45) is 0.545. The summed E-state index contributed by atoms with van der Waals surface area (Å²) in [6, 6.07) is 6.91. The van der Waals surface area contributed by atoms with Crippen LogP contribution < -0.4 is 10.1 Å². The van der Waals surface area contributed by atoms with Crippen molar-refractivity contribution in [3.05, 3.63) is 56.8 Å². The van der Waals surface area contributed by atoms with E-state index in [1.165, 1.54) is 0 Å². The van der Waals surface area contributed by atoms with Gasteiger partial charge in [0.05, 0.1) is 5.41 Å². The van der Waals surface area contributed by atoms with E-state index in [0.29, 0.717) is 34.1 Å². The summed E-state index contributed by atoms with van der Waals surface area (Å²) >= 11 is 18.6. The summed E-state index contributed by atoms with van der Waals surface area (Å²) in [5.74, 6) is -3.11. The standard InChI is InChI=1S/C25H27Cl3N2O6/c1-24(2)15(9-10-25(24,3)23(34)35)21(31)30-18(22(32)33)11-13-7-8-19(20(28)29-13)36-12-14-16(26)5-4-6-17(14)27/h4-8,15,18H,9-12H2,1-3H3,(H,30,31)(H,32,33)(H,34,35)/t15-,18-,25-/m0/s1. The zero-order valence-corrected chi connectivity index (χ0v) is 22.2. The Bertz CT molecular complexity index is 1170. The molecule has 0 saturated heterocycles. The number of rotatable bonds is 9. The SMILES string of the molecule is CC1(C)[C@H](C(=O)N[C@@H](Cc2ccc(OCc3c(Cl)cccc3Cl)c(Cl)n2)C(=O)O)CC[C@@]1(C)C(=O)O. The molecule has 36 heavy (non-hydrogen) atoms. The van der Waals surface area contributed by atoms with Gasteiger partial charge in [0.15, 0.2) is 10.9 Å². The molecule has 3 rings (SSSR count). The third-order valence-electron chi connectivity index (χ3n) is 7.35. The van der Waals surface area contributed by atoms with E-state index in [0.717, 1.165) is 0 Å². The normalized spacial score (nSPS) is 21.6. The summed E-state index contributed by atoms with van der Waals surface area (Å²) in [6.45, 7) is 5.13. The fraction of sp³-hybridized carbons (Fsp3) is 0.440. The summed E-state index contributed by atoms with van der Waals surface area (Å²) in [5.41, 5.74) is -1.04. The molecule has 1 amide bonds. The second-order valence-electron chi connectivity index (χ2n) is 9.63. The Labute approximate surface area is 223 Å². The zero-order chi connectivity index (χ0) is 26.8. The summed E-state index contributed by atoms with van der Waals surface area (Å²) in [5, 5.41) is 22.9. The van der Waals surface area contributed by atoms with Crippen molar-refractivity contribution in [2.24, 2.45) is 16.7 Å². The minimum Gasteiger partial charge on any atom is -0.486 e. The molecule has 194 valence electrons. The van der Waals surface area contributed by atoms with Gasteiger partial charge < -0.3 is 20.3 Å². The first-order valence-electron chi connectivity index (χ1n) is 11.3. The third-order valence-corrected chi connectivity index (χ3v) is 8.33. The van der Waals surface area contributed by atoms with Crippen LogP contribution in [0.1, 0.15) is 44.9 Å². The van der Waals surface area contributed by atoms with E-state index in [1.807, 2.05) is 0 Å². The molecule has 3 N–H and O–H groups in total. The monoisotopic (exact) mass is 556 g/mol. The van der Waals surface area contributed by atoms with Gasteiger partial charge in [-0.2, -0.15) is 0 Å². The average molecular weight is 558 g/mol. The Morgan fingerprint density at radius 3 is 2.28 bits per heavy atom. The van der Waals surface area contributed by atoms with E-state index in [1.54, 1.807) is 51.1 Å². The highest BCUT2D eigenvalue weighted by atomic mass is 35.5. The average Bonchev–Trinajstić information content (AvgIpc) is 3.04. The molecule has 11 heteroatoms. The first kappa shape index (κ1) is 28.0. The molecule has 1 aromatic carbocycles. The molecule has 1 heterocycles. The van der Waals surface area contributed by atoms with Crippen molar-refractivity contribution in [2.45, 2.75) is 52.7 Å². The number of amides is 1. The van der Waals surface area contributed by atoms with Gasteiger partial charge in [-0.15, -0.1) is 0 Å². The lowest BCUT2D eigenvalue weighted by Gasteiger charge is -2.38. The predicted molar refractivity (Wildman–Crippen MR) is 136 cm³/mol. The minimum absolute atomic E-state index is 0.0142. The van der Waals surface area contributed by atoms with Gasteiger partial charge >= 0.3 is 11.9 Å². The fourth-order valence-electron chi connectivity index (χ4n) is 4.52. The largest absolute Gasteiger partial charge is 0.486 e. The van der Waals surface area contributed by atoms with Crippen LogP contribution in [-0.2, 0) is 27.4 Å². The van der Waals surface area contributed by atoms with Crippen molar-refractivity contribution in [2.75, 3.05) is 0 Å². The van der Waals surface area contributed by atoms with Crippen LogP contribution in [0.15, 0.2) is 30.3 Å². The number of benzene rings is 1. The van der Waals surface area contributed by atoms with Gasteiger partial charge in [0, 0.05) is 33.6 Å². The molecule has 1 aromatic heterocycles. The minimum atomic E-state index is -1.28. The van der Waals surface area contributed by atoms with E-state index in [2.05, 4.69) is 10.3 Å². The maximum atomic E-state index is 13.0. The second kappa shape index (κ2) is 10.8. The number of aromatic nitrogens is 1. The molecule has 1 fully saturated rings. The highest BCUT2D eigenvalue weighted by Gasteiger charge is 2.58. The Morgan fingerprint density at radius 2 is 1.75 bits per heavy atom. The van der Waals surface area contributed by atoms with E-state index in [4.69, 9.17) is 39.5 Å². The lowest BCUT2D eigenvalue weighted by atomic mass is 9.65. The first-order valence-corrected chi connectivity index (χ1v) is 12.4. The van der Waals surface area contributed by atoms with E-state index >= 15 is 0 Å². The summed E-state index contributed by atoms with van der Waals surface area (Å²) < 4.78 is 5.69. The van der Waals surface area contributed by atoms with E-state index in [-0.39, 0.29) is 23.9 Å². The van der Waals surface area contributed by atoms with Gasteiger partial charge in [-0.05, 0) is 49.4 Å². The van der Waals surface area contributed by atoms with Crippen molar-refractivity contribution < 1.29 is 29.3 Å². The van der Waals surface area contributed by atoms with Crippen LogP contribution >= 0.6 is 34.8 Å². The lowest BCUT2D eigenvalue weighted by Crippen LogP contribution is -2.49. The van der Waals surface area contributed by atoms with Crippen LogP contribution in [0.25, 0.3) is 0 Å². The summed E-state index contributed by atoms with van der Waals surface area (Å²) in [4.78, 5) is 41.0. The number of ether oxygens (including phenoxy) is 1. The Balaban J connectivity index is 1.69. The first-order chi connectivity index (χ1) is 16.8. The number of hydrogen-bond donors (Lipinski definition) is 3. The number of carbonyl (C=O) groups excluding carboxylic acids is 1. The van der Waals surface area contributed by atoms with E-state index in [9.17, 15) is 24.6 Å². The fourth-order valence-corrected chi connectivity index (χ4v) is 5.26. The molecular weight excluding hydrogens is 531 g/mol. The van der Waals surface area contributed by atoms with Crippen molar-refractivity contribution in [3.8, 4) is 5.75 Å². The Hall–Kier alpha value is -2.55.